The summed E-state index contributed by atoms with van der Waals surface area (Å²) < 4.78 is 5.78. The van der Waals surface area contributed by atoms with Gasteiger partial charge in [0.1, 0.15) is 11.1 Å². The molecule has 0 aliphatic carbocycles. The fourth-order valence-corrected chi connectivity index (χ4v) is 2.30. The van der Waals surface area contributed by atoms with Gasteiger partial charge in [0.2, 0.25) is 0 Å². The lowest BCUT2D eigenvalue weighted by Gasteiger charge is -2.15. The van der Waals surface area contributed by atoms with Crippen molar-refractivity contribution >= 4 is 39.5 Å². The molecule has 0 aromatic carbocycles. The Labute approximate surface area is 107 Å². The first kappa shape index (κ1) is 13.3. The Morgan fingerprint density at radius 2 is 2.44 bits per heavy atom. The van der Waals surface area contributed by atoms with Crippen molar-refractivity contribution in [2.75, 3.05) is 18.6 Å². The van der Waals surface area contributed by atoms with E-state index in [0.29, 0.717) is 18.0 Å². The smallest absolute Gasteiger partial charge is 0.323 e. The lowest BCUT2D eigenvalue weighted by atomic mass is 10.2. The van der Waals surface area contributed by atoms with Crippen LogP contribution in [0, 0.1) is 0 Å². The molecule has 0 fully saturated rings. The Balaban J connectivity index is 3.03. The molecule has 0 radical (unpaired) electrons. The number of nitrogens with two attached hydrogens (primary N) is 1. The number of pyridine rings is 1. The number of carbonyl (C=O) groups excluding carboxylic acids is 1. The van der Waals surface area contributed by atoms with Gasteiger partial charge in [0.05, 0.1) is 6.61 Å². The van der Waals surface area contributed by atoms with Crippen molar-refractivity contribution in [2.45, 2.75) is 12.2 Å². The Hall–Kier alpha value is -0.750. The number of anilines is 1. The molecule has 0 saturated heterocycles. The van der Waals surface area contributed by atoms with E-state index < -0.39 is 5.25 Å². The zero-order chi connectivity index (χ0) is 12.1. The van der Waals surface area contributed by atoms with Crippen LogP contribution in [0.5, 0.6) is 0 Å². The van der Waals surface area contributed by atoms with E-state index >= 15 is 0 Å². The molecular weight excluding hydrogens is 292 g/mol. The van der Waals surface area contributed by atoms with Crippen LogP contribution < -0.4 is 5.73 Å². The Morgan fingerprint density at radius 1 is 1.75 bits per heavy atom. The van der Waals surface area contributed by atoms with Gasteiger partial charge in [-0.3, -0.25) is 4.79 Å². The van der Waals surface area contributed by atoms with E-state index in [0.717, 1.165) is 4.47 Å². The molecule has 16 heavy (non-hydrogen) atoms. The van der Waals surface area contributed by atoms with E-state index in [2.05, 4.69) is 20.9 Å². The maximum absolute atomic E-state index is 11.7. The topological polar surface area (TPSA) is 65.2 Å². The van der Waals surface area contributed by atoms with E-state index in [-0.39, 0.29) is 5.97 Å². The summed E-state index contributed by atoms with van der Waals surface area (Å²) in [5.41, 5.74) is 6.43. The fraction of sp³-hybridized carbons (Fsp3) is 0.400. The number of nitrogens with zero attached hydrogens (tertiary/aromatic N) is 1. The predicted molar refractivity (Wildman–Crippen MR) is 69.2 cm³/mol. The number of hydrogen-bond acceptors (Lipinski definition) is 5. The van der Waals surface area contributed by atoms with Crippen LogP contribution in [0.4, 0.5) is 5.82 Å². The second-order valence-corrected chi connectivity index (χ2v) is 4.85. The second-order valence-electron chi connectivity index (χ2n) is 3.00. The number of rotatable bonds is 4. The molecule has 2 N–H and O–H groups in total. The number of esters is 1. The normalized spacial score (nSPS) is 12.2. The SMILES string of the molecule is CCOC(=O)C(SC)c1cc(Br)cnc1N. The van der Waals surface area contributed by atoms with Crippen LogP contribution in [-0.2, 0) is 9.53 Å². The van der Waals surface area contributed by atoms with Gasteiger partial charge in [0.15, 0.2) is 0 Å². The highest BCUT2D eigenvalue weighted by Gasteiger charge is 2.23. The Morgan fingerprint density at radius 3 is 3.00 bits per heavy atom. The quantitative estimate of drug-likeness (QED) is 0.865. The highest BCUT2D eigenvalue weighted by atomic mass is 79.9. The van der Waals surface area contributed by atoms with Gasteiger partial charge in [-0.25, -0.2) is 4.98 Å². The standard InChI is InChI=1S/C10H13BrN2O2S/c1-3-15-10(14)8(16-2)7-4-6(11)5-13-9(7)12/h4-5,8H,3H2,1-2H3,(H2,12,13). The molecule has 4 nitrogen and oxygen atoms in total. The summed E-state index contributed by atoms with van der Waals surface area (Å²) in [4.78, 5) is 15.7. The molecule has 0 bridgehead atoms. The van der Waals surface area contributed by atoms with E-state index in [1.165, 1.54) is 11.8 Å². The van der Waals surface area contributed by atoms with Gasteiger partial charge in [0, 0.05) is 16.2 Å². The van der Waals surface area contributed by atoms with Crippen LogP contribution in [-0.4, -0.2) is 23.8 Å². The average Bonchev–Trinajstić information content (AvgIpc) is 2.24. The number of ether oxygens (including phenoxy) is 1. The first-order chi connectivity index (χ1) is 7.60. The average molecular weight is 305 g/mol. The number of nitrogen functional groups attached to an aromatic ring is 1. The summed E-state index contributed by atoms with van der Waals surface area (Å²) in [5.74, 6) is 0.0669. The van der Waals surface area contributed by atoms with Gasteiger partial charge in [0.25, 0.3) is 0 Å². The number of aromatic nitrogens is 1. The maximum atomic E-state index is 11.7. The minimum Gasteiger partial charge on any atom is -0.465 e. The molecule has 0 amide bonds. The first-order valence-corrected chi connectivity index (χ1v) is 6.78. The van der Waals surface area contributed by atoms with E-state index in [4.69, 9.17) is 10.5 Å². The third-order valence-corrected chi connectivity index (χ3v) is 3.29. The molecule has 1 heterocycles. The third-order valence-electron chi connectivity index (χ3n) is 1.93. The monoisotopic (exact) mass is 304 g/mol. The molecule has 1 aromatic heterocycles. The van der Waals surface area contributed by atoms with E-state index in [1.54, 1.807) is 19.2 Å². The third kappa shape index (κ3) is 3.12. The Kier molecular flexibility index (Phi) is 5.08. The second kappa shape index (κ2) is 6.10. The van der Waals surface area contributed by atoms with Gasteiger partial charge < -0.3 is 10.5 Å². The highest BCUT2D eigenvalue weighted by Crippen LogP contribution is 2.32. The van der Waals surface area contributed by atoms with Crippen molar-refractivity contribution in [3.8, 4) is 0 Å². The van der Waals surface area contributed by atoms with Crippen LogP contribution in [0.25, 0.3) is 0 Å². The molecule has 0 aliphatic heterocycles. The largest absolute Gasteiger partial charge is 0.465 e. The zero-order valence-corrected chi connectivity index (χ0v) is 11.5. The van der Waals surface area contributed by atoms with Gasteiger partial charge >= 0.3 is 5.97 Å². The highest BCUT2D eigenvalue weighted by molar-refractivity contribution is 9.10. The summed E-state index contributed by atoms with van der Waals surface area (Å²) >= 11 is 4.68. The van der Waals surface area contributed by atoms with Crippen molar-refractivity contribution < 1.29 is 9.53 Å². The summed E-state index contributed by atoms with van der Waals surface area (Å²) in [6.45, 7) is 2.13. The number of carbonyl (C=O) groups is 1. The van der Waals surface area contributed by atoms with Crippen molar-refractivity contribution in [1.82, 2.24) is 4.98 Å². The van der Waals surface area contributed by atoms with Crippen LogP contribution in [0.15, 0.2) is 16.7 Å². The van der Waals surface area contributed by atoms with Gasteiger partial charge in [-0.1, -0.05) is 0 Å². The minimum atomic E-state index is -0.426. The van der Waals surface area contributed by atoms with Crippen molar-refractivity contribution in [1.29, 1.82) is 0 Å². The van der Waals surface area contributed by atoms with Crippen LogP contribution in [0.2, 0.25) is 0 Å². The molecular formula is C10H13BrN2O2S. The number of hydrogen-bond donors (Lipinski definition) is 1. The summed E-state index contributed by atoms with van der Waals surface area (Å²) in [5, 5.41) is -0.426. The summed E-state index contributed by atoms with van der Waals surface area (Å²) in [6, 6.07) is 1.79. The van der Waals surface area contributed by atoms with E-state index in [9.17, 15) is 4.79 Å². The van der Waals surface area contributed by atoms with Gasteiger partial charge in [-0.15, -0.1) is 11.8 Å². The molecule has 88 valence electrons. The van der Waals surface area contributed by atoms with Gasteiger partial charge in [-0.05, 0) is 35.2 Å². The zero-order valence-electron chi connectivity index (χ0n) is 9.07. The maximum Gasteiger partial charge on any atom is 0.323 e. The predicted octanol–water partition coefficient (Wildman–Crippen LogP) is 2.39. The van der Waals surface area contributed by atoms with Crippen molar-refractivity contribution in [2.24, 2.45) is 0 Å². The molecule has 1 aromatic rings. The molecule has 1 rings (SSSR count). The molecule has 0 saturated carbocycles. The lowest BCUT2D eigenvalue weighted by molar-refractivity contribution is -0.142. The molecule has 6 heteroatoms. The minimum absolute atomic E-state index is 0.290. The summed E-state index contributed by atoms with van der Waals surface area (Å²) in [7, 11) is 0. The van der Waals surface area contributed by atoms with Crippen molar-refractivity contribution in [3.05, 3.63) is 22.3 Å². The molecule has 1 unspecified atom stereocenters. The molecule has 0 aliphatic rings. The van der Waals surface area contributed by atoms with Crippen LogP contribution in [0.1, 0.15) is 17.7 Å². The summed E-state index contributed by atoms with van der Waals surface area (Å²) in [6.07, 6.45) is 3.43. The van der Waals surface area contributed by atoms with Crippen molar-refractivity contribution in [3.63, 3.8) is 0 Å². The van der Waals surface area contributed by atoms with Crippen LogP contribution in [0.3, 0.4) is 0 Å². The number of thioether (sulfide) groups is 1. The Bertz CT molecular complexity index is 387. The fourth-order valence-electron chi connectivity index (χ4n) is 1.24. The molecule has 0 spiro atoms. The van der Waals surface area contributed by atoms with Gasteiger partial charge in [-0.2, -0.15) is 0 Å². The number of halogens is 1. The first-order valence-electron chi connectivity index (χ1n) is 4.70. The molecule has 1 atom stereocenters. The van der Waals surface area contributed by atoms with E-state index in [1.807, 2.05) is 6.26 Å². The van der Waals surface area contributed by atoms with Crippen LogP contribution >= 0.6 is 27.7 Å². The lowest BCUT2D eigenvalue weighted by Crippen LogP contribution is -2.15.